The molecule has 3 nitrogen and oxygen atoms in total. The second-order valence-corrected chi connectivity index (χ2v) is 13.4. The van der Waals surface area contributed by atoms with E-state index in [0.29, 0.717) is 11.3 Å². The van der Waals surface area contributed by atoms with Crippen molar-refractivity contribution in [2.75, 3.05) is 5.32 Å². The third kappa shape index (κ3) is 5.21. The van der Waals surface area contributed by atoms with Crippen LogP contribution in [0.15, 0.2) is 163 Å². The van der Waals surface area contributed by atoms with Crippen molar-refractivity contribution in [3.8, 4) is 45.0 Å². The number of thioether (sulfide) groups is 1. The van der Waals surface area contributed by atoms with Crippen molar-refractivity contribution in [3.05, 3.63) is 158 Å². The Bertz CT molecular complexity index is 2340. The third-order valence-electron chi connectivity index (χ3n) is 9.23. The molecule has 2 aliphatic rings. The average molecular weight is 622 g/mol. The Morgan fingerprint density at radius 2 is 1.30 bits per heavy atom. The van der Waals surface area contributed by atoms with Gasteiger partial charge in [0, 0.05) is 32.9 Å². The van der Waals surface area contributed by atoms with Crippen molar-refractivity contribution in [1.82, 2.24) is 9.97 Å². The van der Waals surface area contributed by atoms with Crippen LogP contribution in [0.4, 0.5) is 5.69 Å². The van der Waals surface area contributed by atoms with E-state index in [9.17, 15) is 0 Å². The molecule has 1 aliphatic heterocycles. The number of hydrogen-bond acceptors (Lipinski definition) is 4. The molecule has 2 unspecified atom stereocenters. The largest absolute Gasteiger partial charge is 0.371 e. The van der Waals surface area contributed by atoms with Crippen LogP contribution < -0.4 is 5.32 Å². The number of aromatic nitrogens is 2. The van der Waals surface area contributed by atoms with Crippen LogP contribution in [0.5, 0.6) is 0 Å². The summed E-state index contributed by atoms with van der Waals surface area (Å²) in [5.41, 5.74) is 8.55. The minimum Gasteiger partial charge on any atom is -0.371 e. The summed E-state index contributed by atoms with van der Waals surface area (Å²) < 4.78 is 0. The highest BCUT2D eigenvalue weighted by Gasteiger charge is 2.29. The van der Waals surface area contributed by atoms with Crippen molar-refractivity contribution in [2.24, 2.45) is 5.92 Å². The zero-order valence-corrected chi connectivity index (χ0v) is 26.5. The molecule has 1 aliphatic carbocycles. The van der Waals surface area contributed by atoms with E-state index in [4.69, 9.17) is 9.97 Å². The normalized spacial score (nSPS) is 16.8. The minimum atomic E-state index is 0.333. The smallest absolute Gasteiger partial charge is 0.160 e. The van der Waals surface area contributed by atoms with Crippen LogP contribution in [-0.2, 0) is 0 Å². The number of hydrogen-bond donors (Lipinski definition) is 1. The van der Waals surface area contributed by atoms with Gasteiger partial charge in [0.15, 0.2) is 5.82 Å². The van der Waals surface area contributed by atoms with Gasteiger partial charge in [0.1, 0.15) is 0 Å². The van der Waals surface area contributed by atoms with Gasteiger partial charge in [-0.15, -0.1) is 0 Å². The molecule has 9 rings (SSSR count). The maximum absolute atomic E-state index is 5.18. The van der Waals surface area contributed by atoms with Gasteiger partial charge in [-0.3, -0.25) is 0 Å². The third-order valence-corrected chi connectivity index (χ3v) is 10.5. The summed E-state index contributed by atoms with van der Waals surface area (Å²) in [5.74, 6) is 1.20. The maximum Gasteiger partial charge on any atom is 0.160 e. The highest BCUT2D eigenvalue weighted by molar-refractivity contribution is 8.00. The molecule has 0 radical (unpaired) electrons. The van der Waals surface area contributed by atoms with Gasteiger partial charge in [-0.25, -0.2) is 9.97 Å². The van der Waals surface area contributed by atoms with Gasteiger partial charge in [-0.1, -0.05) is 145 Å². The standard InChI is InChI=1S/C43H31N3S/c1-4-11-28(12-5-1)32-17-10-18-34(25-32)38-27-37(29-13-6-2-7-14-29)44-42(45-38)35-21-23-36-33(26-35)20-19-30-22-24-39-41(40(30)36)46-43(47-39)31-15-8-3-9-16-31/h1-15,17-27,31,43,46H,16H2. The van der Waals surface area contributed by atoms with E-state index in [1.165, 1.54) is 43.3 Å². The fourth-order valence-electron chi connectivity index (χ4n) is 6.81. The molecule has 7 aromatic rings. The van der Waals surface area contributed by atoms with Gasteiger partial charge >= 0.3 is 0 Å². The van der Waals surface area contributed by atoms with Crippen LogP contribution in [0, 0.1) is 5.92 Å². The summed E-state index contributed by atoms with van der Waals surface area (Å²) in [6.07, 6.45) is 9.99. The van der Waals surface area contributed by atoms with Gasteiger partial charge in [0.05, 0.1) is 22.4 Å². The number of nitrogens with one attached hydrogen (secondary N) is 1. The SMILES string of the molecule is C1=CCC(C2Nc3c(ccc4ccc5cc(-c6nc(-c7ccccc7)cc(-c7cccc(-c8ccccc8)c7)n6)ccc5c34)S2)C=C1. The summed E-state index contributed by atoms with van der Waals surface area (Å²) in [7, 11) is 0. The minimum absolute atomic E-state index is 0.333. The van der Waals surface area contributed by atoms with Crippen LogP contribution in [-0.4, -0.2) is 15.3 Å². The molecule has 0 saturated carbocycles. The Balaban J connectivity index is 1.15. The predicted molar refractivity (Wildman–Crippen MR) is 198 cm³/mol. The van der Waals surface area contributed by atoms with E-state index >= 15 is 0 Å². The summed E-state index contributed by atoms with van der Waals surface area (Å²) in [5, 5.41) is 9.20. The Hall–Kier alpha value is -5.45. The van der Waals surface area contributed by atoms with Crippen molar-refractivity contribution in [2.45, 2.75) is 16.7 Å². The number of benzene rings is 6. The molecule has 2 heterocycles. The molecule has 4 heteroatoms. The average Bonchev–Trinajstić information content (AvgIpc) is 3.60. The predicted octanol–water partition coefficient (Wildman–Crippen LogP) is 11.4. The molecule has 0 saturated heterocycles. The van der Waals surface area contributed by atoms with E-state index in [1.54, 1.807) is 0 Å². The van der Waals surface area contributed by atoms with Gasteiger partial charge in [0.2, 0.25) is 0 Å². The van der Waals surface area contributed by atoms with Crippen LogP contribution in [0.1, 0.15) is 6.42 Å². The molecule has 0 bridgehead atoms. The summed E-state index contributed by atoms with van der Waals surface area (Å²) >= 11 is 1.95. The first-order chi connectivity index (χ1) is 23.3. The Morgan fingerprint density at radius 3 is 2.11 bits per heavy atom. The Morgan fingerprint density at radius 1 is 0.574 bits per heavy atom. The second kappa shape index (κ2) is 11.7. The van der Waals surface area contributed by atoms with Crippen molar-refractivity contribution in [1.29, 1.82) is 0 Å². The summed E-state index contributed by atoms with van der Waals surface area (Å²) in [6.45, 7) is 0. The number of rotatable bonds is 5. The molecule has 1 N–H and O–H groups in total. The zero-order chi connectivity index (χ0) is 31.2. The van der Waals surface area contributed by atoms with E-state index in [0.717, 1.165) is 40.3 Å². The number of anilines is 1. The van der Waals surface area contributed by atoms with E-state index in [1.807, 2.05) is 17.8 Å². The lowest BCUT2D eigenvalue weighted by Crippen LogP contribution is -2.21. The highest BCUT2D eigenvalue weighted by atomic mass is 32.2. The molecular weight excluding hydrogens is 591 g/mol. The monoisotopic (exact) mass is 621 g/mol. The van der Waals surface area contributed by atoms with Gasteiger partial charge in [0.25, 0.3) is 0 Å². The molecule has 2 atom stereocenters. The Labute approximate surface area is 278 Å². The van der Waals surface area contributed by atoms with Crippen molar-refractivity contribution >= 4 is 39.0 Å². The second-order valence-electron chi connectivity index (χ2n) is 12.2. The first-order valence-corrected chi connectivity index (χ1v) is 17.0. The molecule has 0 spiro atoms. The van der Waals surface area contributed by atoms with E-state index in [2.05, 4.69) is 157 Å². The first-order valence-electron chi connectivity index (χ1n) is 16.1. The maximum atomic E-state index is 5.18. The van der Waals surface area contributed by atoms with Gasteiger partial charge in [-0.2, -0.15) is 0 Å². The topological polar surface area (TPSA) is 37.8 Å². The van der Waals surface area contributed by atoms with Crippen molar-refractivity contribution in [3.63, 3.8) is 0 Å². The van der Waals surface area contributed by atoms with Crippen LogP contribution in [0.2, 0.25) is 0 Å². The highest BCUT2D eigenvalue weighted by Crippen LogP contribution is 2.48. The Kier molecular flexibility index (Phi) is 6.94. The van der Waals surface area contributed by atoms with Crippen LogP contribution >= 0.6 is 11.8 Å². The zero-order valence-electron chi connectivity index (χ0n) is 25.7. The molecular formula is C43H31N3S. The van der Waals surface area contributed by atoms with Crippen molar-refractivity contribution < 1.29 is 0 Å². The molecule has 224 valence electrons. The number of fused-ring (bicyclic) bond motifs is 5. The summed E-state index contributed by atoms with van der Waals surface area (Å²) in [6, 6.07) is 47.3. The van der Waals surface area contributed by atoms with E-state index in [-0.39, 0.29) is 0 Å². The lowest BCUT2D eigenvalue weighted by Gasteiger charge is -2.20. The number of nitrogens with zero attached hydrogens (tertiary/aromatic N) is 2. The molecule has 47 heavy (non-hydrogen) atoms. The fourth-order valence-corrected chi connectivity index (χ4v) is 8.07. The van der Waals surface area contributed by atoms with Crippen LogP contribution in [0.3, 0.4) is 0 Å². The fraction of sp³-hybridized carbons (Fsp3) is 0.0698. The number of allylic oxidation sites excluding steroid dienone is 3. The molecule has 0 fully saturated rings. The molecule has 1 aromatic heterocycles. The van der Waals surface area contributed by atoms with Crippen LogP contribution in [0.25, 0.3) is 66.6 Å². The van der Waals surface area contributed by atoms with Gasteiger partial charge < -0.3 is 5.32 Å². The molecule has 0 amide bonds. The van der Waals surface area contributed by atoms with E-state index < -0.39 is 0 Å². The first kappa shape index (κ1) is 27.8. The summed E-state index contributed by atoms with van der Waals surface area (Å²) in [4.78, 5) is 11.6. The quantitative estimate of drug-likeness (QED) is 0.194. The lowest BCUT2D eigenvalue weighted by atomic mass is 9.97. The molecule has 6 aromatic carbocycles. The van der Waals surface area contributed by atoms with Gasteiger partial charge in [-0.05, 0) is 58.0 Å². The lowest BCUT2D eigenvalue weighted by molar-refractivity contribution is 0.662.